The van der Waals surface area contributed by atoms with Crippen molar-refractivity contribution in [2.24, 2.45) is 0 Å². The topological polar surface area (TPSA) is 156 Å². The first kappa shape index (κ1) is 53.5. The van der Waals surface area contributed by atoms with Crippen molar-refractivity contribution in [1.29, 1.82) is 0 Å². The SMILES string of the molecule is CN(C)C=O.CN(C)C=O.O=P(O)(O)c1cc(P(c2ccccc2)c2ccccc2)c(-c2c(P(c3ccccc3)c3ccccc3)cc(P(=O)(O)O)c3ccccc23)c2ccccc12.[Cl][Ru][Cl]. The van der Waals surface area contributed by atoms with Crippen LogP contribution in [-0.4, -0.2) is 70.4 Å². The Labute approximate surface area is 409 Å². The molecule has 4 N–H and O–H groups in total. The van der Waals surface area contributed by atoms with Gasteiger partial charge in [0.1, 0.15) is 0 Å². The van der Waals surface area contributed by atoms with E-state index in [0.717, 1.165) is 55.8 Å². The van der Waals surface area contributed by atoms with Crippen molar-refractivity contribution < 1.29 is 53.4 Å². The van der Waals surface area contributed by atoms with Crippen LogP contribution in [0, 0.1) is 0 Å². The van der Waals surface area contributed by atoms with Gasteiger partial charge in [-0.05, 0) is 92.5 Å². The molecule has 0 heterocycles. The molecule has 8 rings (SSSR count). The summed E-state index contributed by atoms with van der Waals surface area (Å²) in [6, 6.07) is 57.9. The van der Waals surface area contributed by atoms with Gasteiger partial charge in [0, 0.05) is 28.2 Å². The fraction of sp³-hybridized carbons (Fsp3) is 0.0800. The Bertz CT molecular complexity index is 2700. The Morgan fingerprint density at radius 2 is 0.642 bits per heavy atom. The second kappa shape index (κ2) is 25.3. The van der Waals surface area contributed by atoms with Gasteiger partial charge in [-0.1, -0.05) is 170 Å². The Balaban J connectivity index is 0.000000574. The van der Waals surface area contributed by atoms with E-state index in [2.05, 4.69) is 0 Å². The standard InChI is InChI=1S/C44H34O6P4.2C3H7NO.2ClH.Ru/c45-53(46,47)41-29-39(51(31-17-5-1-6-18-31)32-19-7-2-8-20-32)43(37-27-15-13-25-35(37)41)44-38-28-16-14-26-36(38)42(54(48,49)50)30-40(44)52(33-21-9-3-10-22-33)34-23-11-4-12-24-34;2*1-4(2)3-5;;;/h1-30H,(H2,45,46,47)(H2,48,49,50);2*3H,1-2H3;2*1H;/q;;;;;+2/p-2. The summed E-state index contributed by atoms with van der Waals surface area (Å²) in [5, 5.41) is 7.36. The molecule has 10 nitrogen and oxygen atoms in total. The fourth-order valence-electron chi connectivity index (χ4n) is 7.21. The van der Waals surface area contributed by atoms with Gasteiger partial charge in [0.25, 0.3) is 0 Å². The summed E-state index contributed by atoms with van der Waals surface area (Å²) in [6.45, 7) is 0. The number of amides is 2. The average molecular weight is 1100 g/mol. The molecule has 0 aliphatic heterocycles. The first-order valence-electron chi connectivity index (χ1n) is 20.2. The number of carbonyl (C=O) groups excluding carboxylic acids is 2. The van der Waals surface area contributed by atoms with Gasteiger partial charge in [0.05, 0.1) is 10.6 Å². The number of hydrogen-bond acceptors (Lipinski definition) is 4. The number of carbonyl (C=O) groups is 2. The van der Waals surface area contributed by atoms with Crippen LogP contribution >= 0.6 is 50.4 Å². The summed E-state index contributed by atoms with van der Waals surface area (Å²) >= 11 is -0.346. The molecule has 67 heavy (non-hydrogen) atoms. The van der Waals surface area contributed by atoms with Gasteiger partial charge in [0.2, 0.25) is 12.8 Å². The summed E-state index contributed by atoms with van der Waals surface area (Å²) in [5.41, 5.74) is 1.54. The molecule has 0 spiro atoms. The minimum atomic E-state index is -4.82. The Morgan fingerprint density at radius 3 is 0.851 bits per heavy atom. The molecule has 0 saturated heterocycles. The van der Waals surface area contributed by atoms with Crippen molar-refractivity contribution in [3.8, 4) is 11.1 Å². The molecule has 0 bridgehead atoms. The van der Waals surface area contributed by atoms with Crippen molar-refractivity contribution in [1.82, 2.24) is 9.80 Å². The van der Waals surface area contributed by atoms with Crippen LogP contribution < -0.4 is 42.4 Å². The van der Waals surface area contributed by atoms with Crippen LogP contribution in [0.3, 0.4) is 0 Å². The van der Waals surface area contributed by atoms with Crippen LogP contribution in [0.1, 0.15) is 0 Å². The molecule has 8 aromatic rings. The second-order valence-electron chi connectivity index (χ2n) is 15.0. The molecule has 17 heteroatoms. The molecule has 0 saturated carbocycles. The summed E-state index contributed by atoms with van der Waals surface area (Å²) < 4.78 is 26.9. The van der Waals surface area contributed by atoms with E-state index in [0.29, 0.717) is 21.5 Å². The van der Waals surface area contributed by atoms with Crippen LogP contribution in [0.15, 0.2) is 182 Å². The number of benzene rings is 8. The zero-order valence-electron chi connectivity index (χ0n) is 36.7. The number of fused-ring (bicyclic) bond motifs is 2. The van der Waals surface area contributed by atoms with E-state index in [1.165, 1.54) is 9.80 Å². The maximum absolute atomic E-state index is 13.5. The van der Waals surface area contributed by atoms with Crippen molar-refractivity contribution >= 4 is 127 Å². The first-order chi connectivity index (χ1) is 32.1. The Kier molecular flexibility index (Phi) is 20.2. The van der Waals surface area contributed by atoms with Gasteiger partial charge >= 0.3 is 49.7 Å². The third-order valence-corrected chi connectivity index (χ3v) is 16.8. The van der Waals surface area contributed by atoms with E-state index in [1.807, 2.05) is 146 Å². The molecule has 0 aromatic heterocycles. The van der Waals surface area contributed by atoms with Crippen molar-refractivity contribution in [2.75, 3.05) is 28.2 Å². The van der Waals surface area contributed by atoms with Gasteiger partial charge < -0.3 is 29.4 Å². The zero-order valence-corrected chi connectivity index (χ0v) is 43.5. The summed E-state index contributed by atoms with van der Waals surface area (Å²) in [4.78, 5) is 65.6. The second-order valence-corrected chi connectivity index (χ2v) is 25.1. The maximum atomic E-state index is 13.5. The molecule has 2 amide bonds. The summed E-state index contributed by atoms with van der Waals surface area (Å²) in [6.07, 6.45) is 1.50. The van der Waals surface area contributed by atoms with E-state index in [9.17, 15) is 38.3 Å². The molecule has 0 atom stereocenters. The van der Waals surface area contributed by atoms with Crippen molar-refractivity contribution in [3.05, 3.63) is 182 Å². The quantitative estimate of drug-likeness (QED) is 0.0588. The van der Waals surface area contributed by atoms with E-state index in [-0.39, 0.29) is 25.8 Å². The third kappa shape index (κ3) is 13.9. The molecule has 0 aliphatic rings. The minimum absolute atomic E-state index is 0.0673. The normalized spacial score (nSPS) is 11.2. The number of hydrogen-bond donors (Lipinski definition) is 4. The molecule has 0 radical (unpaired) electrons. The van der Waals surface area contributed by atoms with Gasteiger partial charge in [-0.15, -0.1) is 0 Å². The van der Waals surface area contributed by atoms with E-state index < -0.39 is 31.0 Å². The molecule has 0 aliphatic carbocycles. The van der Waals surface area contributed by atoms with Crippen LogP contribution in [0.25, 0.3) is 32.7 Å². The first-order valence-corrected chi connectivity index (χ1v) is 30.6. The predicted octanol–water partition coefficient (Wildman–Crippen LogP) is 7.57. The van der Waals surface area contributed by atoms with E-state index in [1.54, 1.807) is 64.6 Å². The van der Waals surface area contributed by atoms with E-state index >= 15 is 0 Å². The van der Waals surface area contributed by atoms with Crippen LogP contribution in [-0.2, 0) is 33.9 Å². The molecular weight excluding hydrogens is 1050 g/mol. The predicted molar refractivity (Wildman–Crippen MR) is 279 cm³/mol. The van der Waals surface area contributed by atoms with Crippen molar-refractivity contribution in [2.45, 2.75) is 0 Å². The summed E-state index contributed by atoms with van der Waals surface area (Å²) in [7, 11) is 3.94. The number of nitrogens with zero attached hydrogens (tertiary/aromatic N) is 2. The van der Waals surface area contributed by atoms with Gasteiger partial charge in [-0.2, -0.15) is 0 Å². The van der Waals surface area contributed by atoms with Crippen LogP contribution in [0.2, 0.25) is 0 Å². The molecular formula is C50H48Cl2N2O8P4Ru. The summed E-state index contributed by atoms with van der Waals surface area (Å²) in [5.74, 6) is 0. The van der Waals surface area contributed by atoms with Gasteiger partial charge in [-0.3, -0.25) is 18.7 Å². The monoisotopic (exact) mass is 1100 g/mol. The fourth-order valence-corrected chi connectivity index (χ4v) is 14.0. The van der Waals surface area contributed by atoms with Gasteiger partial charge in [-0.25, -0.2) is 0 Å². The third-order valence-electron chi connectivity index (χ3n) is 9.84. The average Bonchev–Trinajstić information content (AvgIpc) is 3.32. The Hall–Kier alpha value is -4.42. The van der Waals surface area contributed by atoms with Crippen molar-refractivity contribution in [3.63, 3.8) is 0 Å². The molecule has 348 valence electrons. The number of halogens is 2. The molecule has 0 fully saturated rings. The zero-order chi connectivity index (χ0) is 48.7. The molecule has 0 unspecified atom stereocenters. The number of rotatable bonds is 11. The molecule has 8 aromatic carbocycles. The van der Waals surface area contributed by atoms with Gasteiger partial charge in [0.15, 0.2) is 0 Å². The van der Waals surface area contributed by atoms with E-state index in [4.69, 9.17) is 19.4 Å². The van der Waals surface area contributed by atoms with Crippen LogP contribution in [0.5, 0.6) is 0 Å². The Morgan fingerprint density at radius 1 is 0.433 bits per heavy atom. The van der Waals surface area contributed by atoms with Crippen LogP contribution in [0.4, 0.5) is 0 Å².